The van der Waals surface area contributed by atoms with Gasteiger partial charge in [-0.15, -0.1) is 25.6 Å². The molecule has 7 aromatic carbocycles. The number of hydrogen-bond donors (Lipinski definition) is 0. The van der Waals surface area contributed by atoms with Crippen molar-refractivity contribution in [3.63, 3.8) is 0 Å². The van der Waals surface area contributed by atoms with Crippen LogP contribution in [0.4, 0.5) is 39.8 Å². The normalized spacial score (nSPS) is 12.0. The molecule has 0 saturated heterocycles. The number of nitrogens with zero attached hydrogens (tertiary/aromatic N) is 7. The van der Waals surface area contributed by atoms with Gasteiger partial charge in [-0.1, -0.05) is 90.5 Å². The Balaban J connectivity index is 1.21. The topological polar surface area (TPSA) is 77.4 Å². The van der Waals surface area contributed by atoms with E-state index in [0.717, 1.165) is 72.1 Å². The minimum Gasteiger partial charge on any atom is -0.377 e. The lowest BCUT2D eigenvalue weighted by atomic mass is 10.1. The summed E-state index contributed by atoms with van der Waals surface area (Å²) in [5.41, 5.74) is 7.01. The highest BCUT2D eigenvalue weighted by atomic mass is 15.1. The van der Waals surface area contributed by atoms with E-state index in [1.807, 2.05) is 129 Å². The van der Waals surface area contributed by atoms with Gasteiger partial charge in [0.15, 0.2) is 0 Å². The maximum atomic E-state index is 4.71. The minimum absolute atomic E-state index is 0.752. The number of azo groups is 3. The molecule has 0 radical (unpaired) electrons. The first kappa shape index (κ1) is 28.7. The SMILES string of the molecule is Cc1ccc(/N=N/c2ccc(/N=N/c3ccc(/N=N/c4ccc(N(C)C)c5ccccc45)c4ccccc34)c3ccccc23)cc1. The third-order valence-corrected chi connectivity index (χ3v) is 7.95. The van der Waals surface area contributed by atoms with Crippen LogP contribution >= 0.6 is 0 Å². The molecular formula is C39H31N7. The lowest BCUT2D eigenvalue weighted by Gasteiger charge is -2.16. The van der Waals surface area contributed by atoms with Crippen LogP contribution in [0.15, 0.2) is 164 Å². The van der Waals surface area contributed by atoms with Gasteiger partial charge in [0, 0.05) is 52.1 Å². The summed E-state index contributed by atoms with van der Waals surface area (Å²) in [6.07, 6.45) is 0. The molecule has 0 amide bonds. The number of anilines is 1. The number of hydrogen-bond acceptors (Lipinski definition) is 7. The molecule has 7 nitrogen and oxygen atoms in total. The Hall–Kier alpha value is -6.08. The van der Waals surface area contributed by atoms with Crippen molar-refractivity contribution in [2.45, 2.75) is 6.92 Å². The zero-order valence-electron chi connectivity index (χ0n) is 25.8. The van der Waals surface area contributed by atoms with Crippen molar-refractivity contribution >= 4 is 72.1 Å². The highest BCUT2D eigenvalue weighted by molar-refractivity contribution is 6.02. The molecule has 0 bridgehead atoms. The van der Waals surface area contributed by atoms with Crippen LogP contribution in [0.3, 0.4) is 0 Å². The van der Waals surface area contributed by atoms with Crippen LogP contribution in [0.25, 0.3) is 32.3 Å². The fraction of sp³-hybridized carbons (Fsp3) is 0.0769. The quantitative estimate of drug-likeness (QED) is 0.168. The lowest BCUT2D eigenvalue weighted by molar-refractivity contribution is 1.14. The fourth-order valence-electron chi connectivity index (χ4n) is 5.57. The van der Waals surface area contributed by atoms with E-state index in [1.165, 1.54) is 5.56 Å². The predicted octanol–water partition coefficient (Wildman–Crippen LogP) is 12.8. The Morgan fingerprint density at radius 3 is 1.07 bits per heavy atom. The number of rotatable bonds is 7. The van der Waals surface area contributed by atoms with Gasteiger partial charge in [0.25, 0.3) is 0 Å². The van der Waals surface area contributed by atoms with Crippen LogP contribution in [-0.4, -0.2) is 14.1 Å². The summed E-state index contributed by atoms with van der Waals surface area (Å²) in [6, 6.07) is 44.3. The van der Waals surface area contributed by atoms with Gasteiger partial charge < -0.3 is 4.90 Å². The molecule has 0 aliphatic carbocycles. The fourth-order valence-corrected chi connectivity index (χ4v) is 5.57. The largest absolute Gasteiger partial charge is 0.377 e. The molecule has 7 rings (SSSR count). The molecule has 7 aromatic rings. The molecule has 0 aliphatic rings. The van der Waals surface area contributed by atoms with E-state index >= 15 is 0 Å². The monoisotopic (exact) mass is 597 g/mol. The highest BCUT2D eigenvalue weighted by Crippen LogP contribution is 2.39. The van der Waals surface area contributed by atoms with Crippen molar-refractivity contribution in [1.82, 2.24) is 0 Å². The summed E-state index contributed by atoms with van der Waals surface area (Å²) in [4.78, 5) is 2.11. The molecule has 0 unspecified atom stereocenters. The van der Waals surface area contributed by atoms with Crippen molar-refractivity contribution in [3.8, 4) is 0 Å². The smallest absolute Gasteiger partial charge is 0.0936 e. The van der Waals surface area contributed by atoms with Crippen LogP contribution in [0.5, 0.6) is 0 Å². The molecule has 0 saturated carbocycles. The number of fused-ring (bicyclic) bond motifs is 3. The average molecular weight is 598 g/mol. The third kappa shape index (κ3) is 5.74. The van der Waals surface area contributed by atoms with E-state index in [4.69, 9.17) is 20.5 Å². The zero-order chi connectivity index (χ0) is 31.5. The molecule has 0 N–H and O–H groups in total. The van der Waals surface area contributed by atoms with E-state index in [9.17, 15) is 0 Å². The summed E-state index contributed by atoms with van der Waals surface area (Å²) < 4.78 is 0. The van der Waals surface area contributed by atoms with Gasteiger partial charge in [-0.25, -0.2) is 0 Å². The average Bonchev–Trinajstić information content (AvgIpc) is 3.09. The molecule has 46 heavy (non-hydrogen) atoms. The first-order chi connectivity index (χ1) is 22.5. The molecule has 0 atom stereocenters. The second-order valence-corrected chi connectivity index (χ2v) is 11.3. The summed E-state index contributed by atoms with van der Waals surface area (Å²) in [6.45, 7) is 2.05. The van der Waals surface area contributed by atoms with Gasteiger partial charge in [-0.2, -0.15) is 5.11 Å². The molecule has 0 spiro atoms. The van der Waals surface area contributed by atoms with Crippen molar-refractivity contribution in [2.24, 2.45) is 30.7 Å². The van der Waals surface area contributed by atoms with E-state index < -0.39 is 0 Å². The molecular weight excluding hydrogens is 566 g/mol. The van der Waals surface area contributed by atoms with Gasteiger partial charge >= 0.3 is 0 Å². The van der Waals surface area contributed by atoms with Gasteiger partial charge in [-0.05, 0) is 55.5 Å². The maximum absolute atomic E-state index is 4.71. The molecule has 0 aliphatic heterocycles. The molecule has 0 heterocycles. The van der Waals surface area contributed by atoms with Crippen LogP contribution in [0, 0.1) is 6.92 Å². The van der Waals surface area contributed by atoms with Gasteiger partial charge in [-0.3, -0.25) is 0 Å². The third-order valence-electron chi connectivity index (χ3n) is 7.95. The molecule has 222 valence electrons. The highest BCUT2D eigenvalue weighted by Gasteiger charge is 2.10. The van der Waals surface area contributed by atoms with E-state index in [0.29, 0.717) is 0 Å². The molecule has 0 fully saturated rings. The molecule has 0 aromatic heterocycles. The summed E-state index contributed by atoms with van der Waals surface area (Å²) >= 11 is 0. The first-order valence-corrected chi connectivity index (χ1v) is 15.1. The van der Waals surface area contributed by atoms with Crippen molar-refractivity contribution in [2.75, 3.05) is 19.0 Å². The Labute approximate surface area is 267 Å². The first-order valence-electron chi connectivity index (χ1n) is 15.1. The standard InChI is InChI=1S/C39H31N7/c1-26-16-18-27(19-17-26)40-41-34-20-21-35(29-11-5-4-10-28(29)34)42-43-36-22-23-37(31-13-7-6-12-30(31)36)44-45-38-24-25-39(46(2)3)33-15-9-8-14-32(33)38/h4-25H,1-3H3/b41-40+,43-42+,45-44+. The van der Waals surface area contributed by atoms with Crippen LogP contribution < -0.4 is 4.90 Å². The molecule has 7 heteroatoms. The van der Waals surface area contributed by atoms with Gasteiger partial charge in [0.1, 0.15) is 0 Å². The van der Waals surface area contributed by atoms with Gasteiger partial charge in [0.05, 0.1) is 34.1 Å². The van der Waals surface area contributed by atoms with Crippen molar-refractivity contribution < 1.29 is 0 Å². The Bertz CT molecular complexity index is 2300. The Morgan fingerprint density at radius 1 is 0.348 bits per heavy atom. The zero-order valence-corrected chi connectivity index (χ0v) is 25.8. The van der Waals surface area contributed by atoms with E-state index in [-0.39, 0.29) is 0 Å². The van der Waals surface area contributed by atoms with Gasteiger partial charge in [0.2, 0.25) is 0 Å². The number of aryl methyl sites for hydroxylation is 1. The minimum atomic E-state index is 0.752. The summed E-state index contributed by atoms with van der Waals surface area (Å²) in [5, 5.41) is 33.8. The Kier molecular flexibility index (Phi) is 7.79. The summed E-state index contributed by atoms with van der Waals surface area (Å²) in [7, 11) is 4.09. The van der Waals surface area contributed by atoms with Crippen molar-refractivity contribution in [1.29, 1.82) is 0 Å². The Morgan fingerprint density at radius 2 is 0.674 bits per heavy atom. The summed E-state index contributed by atoms with van der Waals surface area (Å²) in [5.74, 6) is 0. The van der Waals surface area contributed by atoms with E-state index in [2.05, 4.69) is 40.3 Å². The van der Waals surface area contributed by atoms with Crippen LogP contribution in [-0.2, 0) is 0 Å². The second-order valence-electron chi connectivity index (χ2n) is 11.3. The maximum Gasteiger partial charge on any atom is 0.0936 e. The predicted molar refractivity (Wildman–Crippen MR) is 190 cm³/mol. The van der Waals surface area contributed by atoms with E-state index in [1.54, 1.807) is 0 Å². The van der Waals surface area contributed by atoms with Crippen LogP contribution in [0.1, 0.15) is 5.56 Å². The lowest BCUT2D eigenvalue weighted by Crippen LogP contribution is -2.08. The van der Waals surface area contributed by atoms with Crippen LogP contribution in [0.2, 0.25) is 0 Å². The van der Waals surface area contributed by atoms with Crippen molar-refractivity contribution in [3.05, 3.63) is 139 Å². The second kappa shape index (κ2) is 12.5. The number of benzene rings is 7.